The highest BCUT2D eigenvalue weighted by atomic mass is 15.2. The summed E-state index contributed by atoms with van der Waals surface area (Å²) in [5, 5.41) is 3.32. The molecule has 0 bridgehead atoms. The molecule has 4 heteroatoms. The Morgan fingerprint density at radius 2 is 2.27 bits per heavy atom. The number of nitrogens with one attached hydrogen (secondary N) is 1. The number of nitrogens with zero attached hydrogens (tertiary/aromatic N) is 3. The Hall–Kier alpha value is -1.31. The van der Waals surface area contributed by atoms with Gasteiger partial charge in [-0.25, -0.2) is 4.98 Å². The van der Waals surface area contributed by atoms with E-state index in [2.05, 4.69) is 27.0 Å². The van der Waals surface area contributed by atoms with E-state index in [4.69, 9.17) is 0 Å². The summed E-state index contributed by atoms with van der Waals surface area (Å²) in [5.41, 5.74) is 0. The molecule has 15 heavy (non-hydrogen) atoms. The number of hydrogen-bond donors (Lipinski definition) is 1. The van der Waals surface area contributed by atoms with Crippen LogP contribution in [-0.4, -0.2) is 47.2 Å². The summed E-state index contributed by atoms with van der Waals surface area (Å²) in [6, 6.07) is 0. The van der Waals surface area contributed by atoms with E-state index in [1.54, 1.807) is 6.20 Å². The monoisotopic (exact) mass is 204 g/mol. The summed E-state index contributed by atoms with van der Waals surface area (Å²) in [6.07, 6.45) is 3.68. The quantitative estimate of drug-likeness (QED) is 0.636. The standard InChI is InChI=1S/C11H16N4/c1-14-8-6-13-11(14)3-2-7-15-9-4-12-5-10-15/h6,8,12H,4-5,7,9-10H2,1H3. The molecule has 0 aliphatic carbocycles. The second-order valence-electron chi connectivity index (χ2n) is 3.69. The van der Waals surface area contributed by atoms with Gasteiger partial charge in [-0.3, -0.25) is 4.90 Å². The van der Waals surface area contributed by atoms with Crippen molar-refractivity contribution in [2.45, 2.75) is 0 Å². The first kappa shape index (κ1) is 10.2. The highest BCUT2D eigenvalue weighted by molar-refractivity contribution is 5.21. The lowest BCUT2D eigenvalue weighted by molar-refractivity contribution is 0.268. The van der Waals surface area contributed by atoms with Gasteiger partial charge in [0.05, 0.1) is 6.54 Å². The molecule has 0 radical (unpaired) electrons. The molecule has 0 spiro atoms. The second kappa shape index (κ2) is 4.96. The van der Waals surface area contributed by atoms with Crippen molar-refractivity contribution in [1.82, 2.24) is 19.8 Å². The van der Waals surface area contributed by atoms with E-state index in [0.29, 0.717) is 0 Å². The van der Waals surface area contributed by atoms with Crippen LogP contribution in [0.4, 0.5) is 0 Å². The summed E-state index contributed by atoms with van der Waals surface area (Å²) >= 11 is 0. The van der Waals surface area contributed by atoms with Gasteiger partial charge < -0.3 is 9.88 Å². The number of hydrogen-bond acceptors (Lipinski definition) is 3. The van der Waals surface area contributed by atoms with E-state index in [9.17, 15) is 0 Å². The van der Waals surface area contributed by atoms with Crippen LogP contribution in [0.1, 0.15) is 5.82 Å². The Bertz CT molecular complexity index is 365. The predicted octanol–water partition coefficient (Wildman–Crippen LogP) is -0.323. The molecule has 1 aromatic rings. The van der Waals surface area contributed by atoms with Crippen molar-refractivity contribution in [3.05, 3.63) is 18.2 Å². The first-order valence-electron chi connectivity index (χ1n) is 5.25. The smallest absolute Gasteiger partial charge is 0.185 e. The average molecular weight is 204 g/mol. The maximum absolute atomic E-state index is 4.16. The normalized spacial score (nSPS) is 17.1. The second-order valence-corrected chi connectivity index (χ2v) is 3.69. The summed E-state index contributed by atoms with van der Waals surface area (Å²) in [5.74, 6) is 7.08. The third kappa shape index (κ3) is 2.82. The van der Waals surface area contributed by atoms with Gasteiger partial charge in [-0.05, 0) is 5.92 Å². The predicted molar refractivity (Wildman–Crippen MR) is 59.4 cm³/mol. The Balaban J connectivity index is 1.87. The minimum atomic E-state index is 0.838. The van der Waals surface area contributed by atoms with E-state index >= 15 is 0 Å². The van der Waals surface area contributed by atoms with Crippen LogP contribution in [0.15, 0.2) is 12.4 Å². The molecule has 0 amide bonds. The van der Waals surface area contributed by atoms with Gasteiger partial charge in [-0.15, -0.1) is 0 Å². The molecule has 2 heterocycles. The van der Waals surface area contributed by atoms with Crippen molar-refractivity contribution in [1.29, 1.82) is 0 Å². The van der Waals surface area contributed by atoms with Crippen LogP contribution in [0.25, 0.3) is 0 Å². The topological polar surface area (TPSA) is 33.1 Å². The number of piperazine rings is 1. The number of rotatable bonds is 1. The molecule has 4 nitrogen and oxygen atoms in total. The molecule has 0 aromatic carbocycles. The Labute approximate surface area is 90.3 Å². The lowest BCUT2D eigenvalue weighted by atomic mass is 10.3. The lowest BCUT2D eigenvalue weighted by Crippen LogP contribution is -2.43. The summed E-state index contributed by atoms with van der Waals surface area (Å²) < 4.78 is 1.94. The zero-order valence-electron chi connectivity index (χ0n) is 9.03. The fraction of sp³-hybridized carbons (Fsp3) is 0.545. The van der Waals surface area contributed by atoms with Crippen molar-refractivity contribution in [2.24, 2.45) is 7.05 Å². The van der Waals surface area contributed by atoms with Gasteiger partial charge in [0.2, 0.25) is 0 Å². The first-order chi connectivity index (χ1) is 7.36. The molecular weight excluding hydrogens is 188 g/mol. The summed E-state index contributed by atoms with van der Waals surface area (Å²) in [6.45, 7) is 5.17. The van der Waals surface area contributed by atoms with E-state index < -0.39 is 0 Å². The van der Waals surface area contributed by atoms with Gasteiger partial charge in [0.1, 0.15) is 0 Å². The van der Waals surface area contributed by atoms with Crippen molar-refractivity contribution < 1.29 is 0 Å². The van der Waals surface area contributed by atoms with E-state index in [-0.39, 0.29) is 0 Å². The molecule has 1 aliphatic rings. The highest BCUT2D eigenvalue weighted by Gasteiger charge is 2.06. The van der Waals surface area contributed by atoms with E-state index in [1.807, 2.05) is 17.8 Å². The van der Waals surface area contributed by atoms with Gasteiger partial charge in [0.15, 0.2) is 5.82 Å². The van der Waals surface area contributed by atoms with Crippen molar-refractivity contribution >= 4 is 0 Å². The highest BCUT2D eigenvalue weighted by Crippen LogP contribution is 1.92. The number of aryl methyl sites for hydroxylation is 1. The molecule has 2 rings (SSSR count). The van der Waals surface area contributed by atoms with Gasteiger partial charge in [0, 0.05) is 45.6 Å². The molecule has 1 saturated heterocycles. The Kier molecular flexibility index (Phi) is 3.38. The third-order valence-electron chi connectivity index (χ3n) is 2.53. The molecule has 0 unspecified atom stereocenters. The fourth-order valence-corrected chi connectivity index (χ4v) is 1.59. The van der Waals surface area contributed by atoms with Gasteiger partial charge in [0.25, 0.3) is 0 Å². The van der Waals surface area contributed by atoms with Crippen LogP contribution >= 0.6 is 0 Å². The minimum absolute atomic E-state index is 0.838. The van der Waals surface area contributed by atoms with Crippen LogP contribution in [0.5, 0.6) is 0 Å². The van der Waals surface area contributed by atoms with E-state index in [1.165, 1.54) is 0 Å². The third-order valence-corrected chi connectivity index (χ3v) is 2.53. The van der Waals surface area contributed by atoms with Crippen molar-refractivity contribution in [3.63, 3.8) is 0 Å². The summed E-state index contributed by atoms with van der Waals surface area (Å²) in [4.78, 5) is 6.51. The molecule has 0 saturated carbocycles. The van der Waals surface area contributed by atoms with Crippen LogP contribution < -0.4 is 5.32 Å². The molecule has 1 aromatic heterocycles. The van der Waals surface area contributed by atoms with Gasteiger partial charge >= 0.3 is 0 Å². The molecule has 1 fully saturated rings. The first-order valence-corrected chi connectivity index (χ1v) is 5.25. The zero-order valence-corrected chi connectivity index (χ0v) is 9.03. The zero-order chi connectivity index (χ0) is 10.5. The van der Waals surface area contributed by atoms with Crippen molar-refractivity contribution in [3.8, 4) is 11.8 Å². The Morgan fingerprint density at radius 1 is 1.47 bits per heavy atom. The summed E-state index contributed by atoms with van der Waals surface area (Å²) in [7, 11) is 1.96. The SMILES string of the molecule is Cn1ccnc1C#CCN1CCNCC1. The maximum Gasteiger partial charge on any atom is 0.185 e. The van der Waals surface area contributed by atoms with Crippen molar-refractivity contribution in [2.75, 3.05) is 32.7 Å². The molecule has 1 aliphatic heterocycles. The number of aromatic nitrogens is 2. The minimum Gasteiger partial charge on any atom is -0.327 e. The average Bonchev–Trinajstić information content (AvgIpc) is 2.66. The van der Waals surface area contributed by atoms with E-state index in [0.717, 1.165) is 38.5 Å². The van der Waals surface area contributed by atoms with Crippen LogP contribution in [0.3, 0.4) is 0 Å². The van der Waals surface area contributed by atoms with Gasteiger partial charge in [-0.2, -0.15) is 0 Å². The van der Waals surface area contributed by atoms with Crippen LogP contribution in [0.2, 0.25) is 0 Å². The molecule has 80 valence electrons. The lowest BCUT2D eigenvalue weighted by Gasteiger charge is -2.24. The van der Waals surface area contributed by atoms with Crippen LogP contribution in [-0.2, 0) is 7.05 Å². The molecule has 1 N–H and O–H groups in total. The molecule has 0 atom stereocenters. The maximum atomic E-state index is 4.16. The Morgan fingerprint density at radius 3 is 2.93 bits per heavy atom. The fourth-order valence-electron chi connectivity index (χ4n) is 1.59. The molecular formula is C11H16N4. The largest absolute Gasteiger partial charge is 0.327 e. The van der Waals surface area contributed by atoms with Crippen LogP contribution in [0, 0.1) is 11.8 Å². The number of imidazole rings is 1. The van der Waals surface area contributed by atoms with Gasteiger partial charge in [-0.1, -0.05) is 5.92 Å².